The van der Waals surface area contributed by atoms with Crippen LogP contribution < -0.4 is 10.4 Å². The van der Waals surface area contributed by atoms with Gasteiger partial charge in [0.2, 0.25) is 5.43 Å². The number of carbonyl (C=O) groups excluding carboxylic acids is 2. The molecule has 1 aromatic heterocycles. The van der Waals surface area contributed by atoms with E-state index in [0.717, 1.165) is 5.56 Å². The SMILES string of the molecule is CC[C@H]1OC(=O)[C@H](C)[C@@H](O[C@H]2C[C@@](C)(OC)[C@@H](OS(=O)(=O)CCOCCCc3ccc4c(c3)c(=O)c(C(=O)O)cn4N(C)C)[C@H](C)O2)[C@H](C)[C@@H](O[C@@H]2O[C@H](C)C[C@H](N(C)C)[C@H]2O)[C@](C)(OC)C[C@@H](C)C(=O)[C@H](C)[C@@H](O)[C@]1(C)O. The molecule has 23 heteroatoms. The van der Waals surface area contributed by atoms with Crippen molar-refractivity contribution in [2.75, 3.05) is 66.4 Å². The fourth-order valence-corrected chi connectivity index (χ4v) is 12.7. The van der Waals surface area contributed by atoms with Crippen LogP contribution in [0.2, 0.25) is 0 Å². The summed E-state index contributed by atoms with van der Waals surface area (Å²) in [6.07, 6.45) is -8.49. The van der Waals surface area contributed by atoms with E-state index in [9.17, 15) is 48.0 Å². The Morgan fingerprint density at radius 2 is 1.53 bits per heavy atom. The van der Waals surface area contributed by atoms with Crippen LogP contribution in [0.25, 0.3) is 10.9 Å². The molecule has 444 valence electrons. The Labute approximate surface area is 459 Å². The van der Waals surface area contributed by atoms with Gasteiger partial charge in [-0.05, 0) is 105 Å². The lowest BCUT2D eigenvalue weighted by molar-refractivity contribution is -0.317. The summed E-state index contributed by atoms with van der Waals surface area (Å²) < 4.78 is 85.4. The Bertz CT molecular complexity index is 2540. The van der Waals surface area contributed by atoms with Gasteiger partial charge >= 0.3 is 11.9 Å². The number of ether oxygens (including phenoxy) is 8. The second-order valence-electron chi connectivity index (χ2n) is 22.9. The Hall–Kier alpha value is -3.69. The van der Waals surface area contributed by atoms with Gasteiger partial charge in [-0.3, -0.25) is 23.2 Å². The molecule has 0 amide bonds. The van der Waals surface area contributed by atoms with E-state index in [4.69, 9.17) is 42.1 Å². The molecule has 5 rings (SSSR count). The Balaban J connectivity index is 1.37. The molecule has 1 aromatic carbocycles. The number of cyclic esters (lactones) is 1. The Morgan fingerprint density at radius 1 is 0.885 bits per heavy atom. The maximum atomic E-state index is 14.6. The largest absolute Gasteiger partial charge is 0.477 e. The van der Waals surface area contributed by atoms with E-state index in [-0.39, 0.29) is 61.4 Å². The summed E-state index contributed by atoms with van der Waals surface area (Å²) >= 11 is 0. The molecule has 0 radical (unpaired) electrons. The number of esters is 1. The molecule has 0 unspecified atom stereocenters. The van der Waals surface area contributed by atoms with Crippen molar-refractivity contribution in [2.45, 2.75) is 192 Å². The number of pyridine rings is 1. The first-order chi connectivity index (χ1) is 36.3. The van der Waals surface area contributed by atoms with E-state index in [1.165, 1.54) is 34.3 Å². The number of carboxylic acid groups (broad SMARTS) is 1. The number of rotatable bonds is 19. The van der Waals surface area contributed by atoms with Crippen molar-refractivity contribution in [3.63, 3.8) is 0 Å². The van der Waals surface area contributed by atoms with Crippen molar-refractivity contribution >= 4 is 38.7 Å². The number of hydrogen-bond acceptors (Lipinski definition) is 20. The lowest BCUT2D eigenvalue weighted by atomic mass is 9.74. The van der Waals surface area contributed by atoms with E-state index >= 15 is 0 Å². The molecular formula is C55H89N3O19S. The molecule has 4 heterocycles. The molecule has 0 aliphatic carbocycles. The van der Waals surface area contributed by atoms with Crippen LogP contribution >= 0.6 is 0 Å². The van der Waals surface area contributed by atoms with Gasteiger partial charge in [-0.1, -0.05) is 33.8 Å². The quantitative estimate of drug-likeness (QED) is 0.0887. The molecule has 78 heavy (non-hydrogen) atoms. The number of aryl methyl sites for hydroxylation is 1. The molecule has 2 aromatic rings. The number of aromatic carboxylic acids is 1. The normalized spacial score (nSPS) is 36.8. The zero-order valence-electron chi connectivity index (χ0n) is 48.5. The minimum atomic E-state index is -4.28. The Morgan fingerprint density at radius 3 is 2.12 bits per heavy atom. The third kappa shape index (κ3) is 14.7. The average molecular weight is 1130 g/mol. The fourth-order valence-electron chi connectivity index (χ4n) is 11.6. The van der Waals surface area contributed by atoms with Gasteiger partial charge in [0.05, 0.1) is 65.5 Å². The number of aromatic nitrogens is 1. The summed E-state index contributed by atoms with van der Waals surface area (Å²) in [5.74, 6) is -6.91. The predicted octanol–water partition coefficient (Wildman–Crippen LogP) is 3.65. The van der Waals surface area contributed by atoms with Gasteiger partial charge in [0.1, 0.15) is 35.3 Å². The number of carbonyl (C=O) groups is 3. The van der Waals surface area contributed by atoms with E-state index in [1.54, 1.807) is 84.4 Å². The van der Waals surface area contributed by atoms with E-state index < -0.39 is 129 Å². The predicted molar refractivity (Wildman–Crippen MR) is 288 cm³/mol. The second kappa shape index (κ2) is 26.5. The number of Topliss-reactive ketones (excluding diaryl/α,β-unsaturated/α-hetero) is 1. The third-order valence-corrected chi connectivity index (χ3v) is 17.6. The molecule has 0 saturated carbocycles. The summed E-state index contributed by atoms with van der Waals surface area (Å²) in [7, 11) is 5.75. The van der Waals surface area contributed by atoms with Crippen molar-refractivity contribution in [3.8, 4) is 0 Å². The number of fused-ring (bicyclic) bond motifs is 1. The van der Waals surface area contributed by atoms with Gasteiger partial charge in [0.15, 0.2) is 12.6 Å². The summed E-state index contributed by atoms with van der Waals surface area (Å²) in [5.41, 5.74) is -4.43. The molecule has 0 spiro atoms. The molecule has 4 N–H and O–H groups in total. The number of aliphatic hydroxyl groups excluding tert-OH is 2. The fraction of sp³-hybridized carbons (Fsp3) is 0.782. The number of likely N-dealkylation sites (N-methyl/N-ethyl adjacent to an activating group) is 1. The van der Waals surface area contributed by atoms with Gasteiger partial charge in [-0.2, -0.15) is 8.42 Å². The van der Waals surface area contributed by atoms with Crippen molar-refractivity contribution in [2.24, 2.45) is 23.7 Å². The number of methoxy groups -OCH3 is 2. The highest BCUT2D eigenvalue weighted by molar-refractivity contribution is 7.86. The molecular weight excluding hydrogens is 1040 g/mol. The minimum Gasteiger partial charge on any atom is -0.477 e. The first kappa shape index (κ1) is 65.1. The lowest BCUT2D eigenvalue weighted by Crippen LogP contribution is -2.61. The van der Waals surface area contributed by atoms with Gasteiger partial charge in [0, 0.05) is 76.7 Å². The average Bonchev–Trinajstić information content (AvgIpc) is 3.39. The van der Waals surface area contributed by atoms with E-state index in [1.807, 2.05) is 32.0 Å². The van der Waals surface area contributed by atoms with Crippen LogP contribution in [-0.2, 0) is 68.2 Å². The van der Waals surface area contributed by atoms with Gasteiger partial charge in [-0.15, -0.1) is 0 Å². The topological polar surface area (TPSA) is 278 Å². The lowest BCUT2D eigenvalue weighted by Gasteiger charge is -2.50. The first-order valence-corrected chi connectivity index (χ1v) is 28.6. The van der Waals surface area contributed by atoms with Crippen molar-refractivity contribution < 1.29 is 85.3 Å². The number of hydrogen-bond donors (Lipinski definition) is 4. The number of benzene rings is 1. The van der Waals surface area contributed by atoms with Crippen LogP contribution in [0.3, 0.4) is 0 Å². The number of carboxylic acids is 1. The zero-order chi connectivity index (χ0) is 58.6. The van der Waals surface area contributed by atoms with Crippen molar-refractivity contribution in [1.29, 1.82) is 0 Å². The molecule has 3 aliphatic heterocycles. The minimum absolute atomic E-state index is 0.0251. The summed E-state index contributed by atoms with van der Waals surface area (Å²) in [4.78, 5) is 55.6. The highest BCUT2D eigenvalue weighted by Crippen LogP contribution is 2.42. The van der Waals surface area contributed by atoms with E-state index in [2.05, 4.69) is 0 Å². The molecule has 18 atom stereocenters. The standard InChI is InChI=1S/C55H89N3O19S/c1-17-41-55(10,66)47(62)32(4)43(59)30(2)27-53(8,69-15)48(76-52-45(61)40(56(11)12)25-31(3)72-52)33(5)46(34(6)51(65)74-41)75-42-28-54(9,70-16)49(35(7)73-42)77-78(67,68)24-23-71-22-18-19-36-20-21-39-37(26-36)44(60)38(50(63)64)29-58(39)57(13)14/h20-21,26,29-35,40-42,45-49,52,61-62,66H,17-19,22-25,27-28H2,1-16H3,(H,63,64)/t30-,31-,32+,33+,34-,35+,40+,41-,42+,45-,46+,47-,48-,49+,52+,53-,54-,55-/m1/s1. The van der Waals surface area contributed by atoms with Crippen molar-refractivity contribution in [3.05, 3.63) is 45.7 Å². The number of ketones is 1. The Kier molecular flexibility index (Phi) is 22.1. The second-order valence-corrected chi connectivity index (χ2v) is 24.6. The first-order valence-electron chi connectivity index (χ1n) is 27.1. The van der Waals surface area contributed by atoms with Gasteiger partial charge in [-0.25, -0.2) is 4.79 Å². The molecule has 3 fully saturated rings. The third-order valence-electron chi connectivity index (χ3n) is 16.4. The summed E-state index contributed by atoms with van der Waals surface area (Å²) in [6, 6.07) is 4.88. The number of aliphatic hydroxyl groups is 3. The smallest absolute Gasteiger partial charge is 0.341 e. The molecule has 0 bridgehead atoms. The maximum absolute atomic E-state index is 14.6. The summed E-state index contributed by atoms with van der Waals surface area (Å²) in [6.45, 7) is 16.5. The van der Waals surface area contributed by atoms with Crippen LogP contribution in [0.1, 0.15) is 117 Å². The van der Waals surface area contributed by atoms with Crippen LogP contribution in [0.15, 0.2) is 29.2 Å². The van der Waals surface area contributed by atoms with Crippen LogP contribution in [0.4, 0.5) is 0 Å². The summed E-state index contributed by atoms with van der Waals surface area (Å²) in [5, 5.41) is 46.8. The molecule has 22 nitrogen and oxygen atoms in total. The monoisotopic (exact) mass is 1130 g/mol. The van der Waals surface area contributed by atoms with Crippen molar-refractivity contribution in [1.82, 2.24) is 9.58 Å². The molecule has 3 aliphatic rings. The van der Waals surface area contributed by atoms with Gasteiger partial charge in [0.25, 0.3) is 10.1 Å². The van der Waals surface area contributed by atoms with Gasteiger partial charge < -0.3 is 68.2 Å². The van der Waals surface area contributed by atoms with Crippen LogP contribution in [0.5, 0.6) is 0 Å². The maximum Gasteiger partial charge on any atom is 0.341 e. The molecule has 3 saturated heterocycles. The highest BCUT2D eigenvalue weighted by Gasteiger charge is 2.55. The zero-order valence-corrected chi connectivity index (χ0v) is 49.3. The highest BCUT2D eigenvalue weighted by atomic mass is 32.2. The van der Waals surface area contributed by atoms with Crippen LogP contribution in [-0.4, -0.2) is 202 Å². The van der Waals surface area contributed by atoms with Crippen LogP contribution in [0, 0.1) is 23.7 Å². The van der Waals surface area contributed by atoms with E-state index in [0.29, 0.717) is 24.8 Å². The number of nitrogens with zero attached hydrogens (tertiary/aromatic N) is 3.